The molecule has 1 aromatic carbocycles. The molecule has 0 bridgehead atoms. The Kier molecular flexibility index (Phi) is 4.81. The zero-order valence-electron chi connectivity index (χ0n) is 11.9. The predicted molar refractivity (Wildman–Crippen MR) is 90.5 cm³/mol. The average Bonchev–Trinajstić information content (AvgIpc) is 2.36. The van der Waals surface area contributed by atoms with Crippen LogP contribution in [0.2, 0.25) is 10.0 Å². The molecule has 0 fully saturated rings. The summed E-state index contributed by atoms with van der Waals surface area (Å²) in [5, 5.41) is 0.998. The molecule has 1 aromatic heterocycles. The van der Waals surface area contributed by atoms with Crippen LogP contribution in [0, 0.1) is 0 Å². The van der Waals surface area contributed by atoms with Gasteiger partial charge in [-0.2, -0.15) is 0 Å². The van der Waals surface area contributed by atoms with E-state index in [0.29, 0.717) is 26.8 Å². The third-order valence-corrected chi connectivity index (χ3v) is 4.45. The van der Waals surface area contributed by atoms with Gasteiger partial charge in [-0.15, -0.1) is 0 Å². The van der Waals surface area contributed by atoms with E-state index in [4.69, 9.17) is 23.2 Å². The summed E-state index contributed by atoms with van der Waals surface area (Å²) in [6, 6.07) is 5.39. The predicted octanol–water partition coefficient (Wildman–Crippen LogP) is 4.73. The quantitative estimate of drug-likeness (QED) is 0.806. The van der Waals surface area contributed by atoms with Crippen LogP contribution in [0.3, 0.4) is 0 Å². The molecule has 21 heavy (non-hydrogen) atoms. The molecule has 0 amide bonds. The van der Waals surface area contributed by atoms with Crippen LogP contribution in [0.5, 0.6) is 0 Å². The molecular formula is C15H15BrCl2N2O. The van der Waals surface area contributed by atoms with Crippen LogP contribution >= 0.6 is 39.1 Å². The largest absolute Gasteiger partial charge is 0.309 e. The van der Waals surface area contributed by atoms with Crippen molar-refractivity contribution in [2.24, 2.45) is 0 Å². The van der Waals surface area contributed by atoms with Crippen LogP contribution in [0.1, 0.15) is 37.9 Å². The van der Waals surface area contributed by atoms with Gasteiger partial charge in [0.15, 0.2) is 0 Å². The van der Waals surface area contributed by atoms with Gasteiger partial charge in [0, 0.05) is 11.8 Å². The summed E-state index contributed by atoms with van der Waals surface area (Å²) in [7, 11) is 0. The molecule has 0 aliphatic heterocycles. The first kappa shape index (κ1) is 16.5. The number of nitrogens with one attached hydrogen (secondary N) is 1. The van der Waals surface area contributed by atoms with E-state index in [1.165, 1.54) is 0 Å². The van der Waals surface area contributed by atoms with Gasteiger partial charge in [-0.05, 0) is 33.6 Å². The van der Waals surface area contributed by atoms with Crippen molar-refractivity contribution in [1.82, 2.24) is 9.97 Å². The minimum Gasteiger partial charge on any atom is -0.309 e. The highest BCUT2D eigenvalue weighted by molar-refractivity contribution is 9.10. The summed E-state index contributed by atoms with van der Waals surface area (Å²) in [6.07, 6.45) is 0.489. The Balaban J connectivity index is 2.43. The number of aromatic nitrogens is 2. The molecule has 0 saturated carbocycles. The number of halogens is 3. The standard InChI is InChI=1S/C15H15BrCl2N2O/c1-15(2,3)13-12(16)14(21)20-11(19-13)7-8-4-5-9(17)10(18)6-8/h4-6H,7H2,1-3H3,(H,19,20,21). The van der Waals surface area contributed by atoms with Crippen LogP contribution in [0.4, 0.5) is 0 Å². The molecule has 2 aromatic rings. The zero-order valence-corrected chi connectivity index (χ0v) is 15.0. The van der Waals surface area contributed by atoms with Gasteiger partial charge in [-0.3, -0.25) is 4.79 Å². The fourth-order valence-electron chi connectivity index (χ4n) is 1.93. The summed E-state index contributed by atoms with van der Waals surface area (Å²) >= 11 is 15.2. The lowest BCUT2D eigenvalue weighted by Crippen LogP contribution is -2.23. The normalized spacial score (nSPS) is 11.7. The molecule has 0 atom stereocenters. The van der Waals surface area contributed by atoms with Crippen LogP contribution in [-0.4, -0.2) is 9.97 Å². The maximum absolute atomic E-state index is 12.0. The third-order valence-electron chi connectivity index (χ3n) is 2.98. The van der Waals surface area contributed by atoms with Crippen molar-refractivity contribution >= 4 is 39.1 Å². The van der Waals surface area contributed by atoms with E-state index in [0.717, 1.165) is 11.3 Å². The highest BCUT2D eigenvalue weighted by Crippen LogP contribution is 2.26. The zero-order chi connectivity index (χ0) is 15.8. The second-order valence-corrected chi connectivity index (χ2v) is 7.46. The molecule has 0 aliphatic rings. The number of nitrogens with zero attached hydrogens (tertiary/aromatic N) is 1. The first-order valence-electron chi connectivity index (χ1n) is 6.41. The number of H-pyrrole nitrogens is 1. The summed E-state index contributed by atoms with van der Waals surface area (Å²) < 4.78 is 0.480. The summed E-state index contributed by atoms with van der Waals surface area (Å²) in [5.41, 5.74) is 1.28. The Morgan fingerprint density at radius 1 is 1.24 bits per heavy atom. The van der Waals surface area contributed by atoms with Crippen molar-refractivity contribution in [2.75, 3.05) is 0 Å². The molecule has 112 valence electrons. The number of aromatic amines is 1. The van der Waals surface area contributed by atoms with Gasteiger partial charge in [0.1, 0.15) is 10.3 Å². The van der Waals surface area contributed by atoms with E-state index < -0.39 is 0 Å². The van der Waals surface area contributed by atoms with Gasteiger partial charge in [0.25, 0.3) is 5.56 Å². The minimum absolute atomic E-state index is 0.176. The van der Waals surface area contributed by atoms with Gasteiger partial charge in [0.2, 0.25) is 0 Å². The molecule has 3 nitrogen and oxygen atoms in total. The van der Waals surface area contributed by atoms with Crippen LogP contribution in [0.15, 0.2) is 27.5 Å². The van der Waals surface area contributed by atoms with Crippen molar-refractivity contribution in [1.29, 1.82) is 0 Å². The van der Waals surface area contributed by atoms with E-state index >= 15 is 0 Å². The van der Waals surface area contributed by atoms with Crippen molar-refractivity contribution in [3.63, 3.8) is 0 Å². The molecule has 2 rings (SSSR count). The SMILES string of the molecule is CC(C)(C)c1nc(Cc2ccc(Cl)c(Cl)c2)[nH]c(=O)c1Br. The first-order chi connectivity index (χ1) is 9.68. The maximum Gasteiger partial charge on any atom is 0.265 e. The second kappa shape index (κ2) is 6.11. The first-order valence-corrected chi connectivity index (χ1v) is 7.96. The Labute approximate surface area is 141 Å². The van der Waals surface area contributed by atoms with Gasteiger partial charge >= 0.3 is 0 Å². The van der Waals surface area contributed by atoms with Crippen molar-refractivity contribution in [3.8, 4) is 0 Å². The van der Waals surface area contributed by atoms with Crippen LogP contribution in [-0.2, 0) is 11.8 Å². The molecule has 1 N–H and O–H groups in total. The highest BCUT2D eigenvalue weighted by atomic mass is 79.9. The highest BCUT2D eigenvalue weighted by Gasteiger charge is 2.22. The Morgan fingerprint density at radius 2 is 1.90 bits per heavy atom. The van der Waals surface area contributed by atoms with Crippen molar-refractivity contribution in [2.45, 2.75) is 32.6 Å². The Morgan fingerprint density at radius 3 is 2.48 bits per heavy atom. The average molecular weight is 390 g/mol. The van der Waals surface area contributed by atoms with Gasteiger partial charge in [0.05, 0.1) is 15.7 Å². The monoisotopic (exact) mass is 388 g/mol. The second-order valence-electron chi connectivity index (χ2n) is 5.85. The van der Waals surface area contributed by atoms with Crippen LogP contribution in [0.25, 0.3) is 0 Å². The molecule has 1 heterocycles. The van der Waals surface area contributed by atoms with Crippen LogP contribution < -0.4 is 5.56 Å². The lowest BCUT2D eigenvalue weighted by molar-refractivity contribution is 0.557. The topological polar surface area (TPSA) is 45.8 Å². The van der Waals surface area contributed by atoms with E-state index in [-0.39, 0.29) is 11.0 Å². The number of hydrogen-bond acceptors (Lipinski definition) is 2. The number of benzene rings is 1. The van der Waals surface area contributed by atoms with E-state index in [9.17, 15) is 4.79 Å². The van der Waals surface area contributed by atoms with Crippen molar-refractivity contribution < 1.29 is 0 Å². The Bertz CT molecular complexity index is 735. The molecule has 0 aliphatic carbocycles. The molecule has 0 radical (unpaired) electrons. The lowest BCUT2D eigenvalue weighted by atomic mass is 9.92. The smallest absolute Gasteiger partial charge is 0.265 e. The van der Waals surface area contributed by atoms with Gasteiger partial charge < -0.3 is 4.98 Å². The summed E-state index contributed by atoms with van der Waals surface area (Å²) in [6.45, 7) is 6.05. The fraction of sp³-hybridized carbons (Fsp3) is 0.333. The van der Waals surface area contributed by atoms with Gasteiger partial charge in [-0.1, -0.05) is 50.0 Å². The summed E-state index contributed by atoms with van der Waals surface area (Å²) in [4.78, 5) is 19.4. The molecule has 6 heteroatoms. The molecule has 0 unspecified atom stereocenters. The third kappa shape index (κ3) is 3.87. The lowest BCUT2D eigenvalue weighted by Gasteiger charge is -2.19. The minimum atomic E-state index is -0.223. The van der Waals surface area contributed by atoms with Gasteiger partial charge in [-0.25, -0.2) is 4.98 Å². The number of rotatable bonds is 2. The Hall–Kier alpha value is -0.840. The number of hydrogen-bond donors (Lipinski definition) is 1. The maximum atomic E-state index is 12.0. The van der Waals surface area contributed by atoms with Crippen molar-refractivity contribution in [3.05, 3.63) is 60.2 Å². The van der Waals surface area contributed by atoms with E-state index in [1.54, 1.807) is 12.1 Å². The summed E-state index contributed by atoms with van der Waals surface area (Å²) in [5.74, 6) is 0.603. The molecular weight excluding hydrogens is 375 g/mol. The fourth-order valence-corrected chi connectivity index (χ4v) is 3.03. The van der Waals surface area contributed by atoms with E-state index in [2.05, 4.69) is 25.9 Å². The van der Waals surface area contributed by atoms with E-state index in [1.807, 2.05) is 26.8 Å². The molecule has 0 spiro atoms. The molecule has 0 saturated heterocycles.